The van der Waals surface area contributed by atoms with E-state index in [1.165, 1.54) is 49.6 Å². The van der Waals surface area contributed by atoms with Crippen molar-refractivity contribution in [3.63, 3.8) is 0 Å². The smallest absolute Gasteiger partial charge is 0.261 e. The molecule has 0 bridgehead atoms. The van der Waals surface area contributed by atoms with Gasteiger partial charge in [-0.15, -0.1) is 0 Å². The number of sulfonamides is 1. The molecule has 0 aliphatic rings. The minimum absolute atomic E-state index is 0.0622. The Labute approximate surface area is 127 Å². The summed E-state index contributed by atoms with van der Waals surface area (Å²) in [6.45, 7) is 0. The van der Waals surface area contributed by atoms with Gasteiger partial charge in [-0.05, 0) is 42.5 Å². The number of anilines is 1. The average Bonchev–Trinajstić information content (AvgIpc) is 2.47. The lowest BCUT2D eigenvalue weighted by Gasteiger charge is -2.10. The fraction of sp³-hybridized carbons (Fsp3) is 0.0714. The molecule has 0 heterocycles. The second kappa shape index (κ2) is 6.04. The molecule has 0 aromatic heterocycles. The Morgan fingerprint density at radius 2 is 1.86 bits per heavy atom. The van der Waals surface area contributed by atoms with Crippen LogP contribution in [0.25, 0.3) is 0 Å². The van der Waals surface area contributed by atoms with Crippen LogP contribution in [0.5, 0.6) is 5.75 Å². The molecule has 0 amide bonds. The molecular formula is C14H11ClN2O3S. The van der Waals surface area contributed by atoms with Gasteiger partial charge in [-0.25, -0.2) is 8.42 Å². The van der Waals surface area contributed by atoms with Gasteiger partial charge in [0.1, 0.15) is 11.8 Å². The highest BCUT2D eigenvalue weighted by molar-refractivity contribution is 7.92. The van der Waals surface area contributed by atoms with Gasteiger partial charge in [-0.2, -0.15) is 5.26 Å². The Kier molecular flexibility index (Phi) is 4.36. The second-order valence-corrected chi connectivity index (χ2v) is 6.20. The first-order valence-corrected chi connectivity index (χ1v) is 7.69. The van der Waals surface area contributed by atoms with Crippen LogP contribution in [-0.2, 0) is 10.0 Å². The molecule has 0 aliphatic heterocycles. The SMILES string of the molecule is COc1ccc(S(=O)(=O)Nc2cc(Cl)ccc2C#N)cc1. The summed E-state index contributed by atoms with van der Waals surface area (Å²) in [7, 11) is -2.31. The first kappa shape index (κ1) is 15.2. The molecule has 108 valence electrons. The van der Waals surface area contributed by atoms with Gasteiger partial charge in [0.15, 0.2) is 0 Å². The number of halogens is 1. The third kappa shape index (κ3) is 3.45. The van der Waals surface area contributed by atoms with Crippen molar-refractivity contribution in [1.82, 2.24) is 0 Å². The molecule has 0 fully saturated rings. The van der Waals surface area contributed by atoms with E-state index in [0.717, 1.165) is 0 Å². The van der Waals surface area contributed by atoms with Gasteiger partial charge in [0.2, 0.25) is 0 Å². The van der Waals surface area contributed by atoms with E-state index >= 15 is 0 Å². The molecule has 0 saturated heterocycles. The van der Waals surface area contributed by atoms with Crippen molar-refractivity contribution in [1.29, 1.82) is 5.26 Å². The Bertz CT molecular complexity index is 796. The summed E-state index contributed by atoms with van der Waals surface area (Å²) in [4.78, 5) is 0.0622. The van der Waals surface area contributed by atoms with Gasteiger partial charge in [0.05, 0.1) is 23.3 Å². The third-order valence-electron chi connectivity index (χ3n) is 2.72. The maximum absolute atomic E-state index is 12.3. The number of nitrogens with one attached hydrogen (secondary N) is 1. The zero-order valence-electron chi connectivity index (χ0n) is 11.0. The highest BCUT2D eigenvalue weighted by atomic mass is 35.5. The summed E-state index contributed by atoms with van der Waals surface area (Å²) in [6, 6.07) is 12.2. The van der Waals surface area contributed by atoms with Crippen molar-refractivity contribution in [3.8, 4) is 11.8 Å². The molecule has 0 radical (unpaired) electrons. The normalized spacial score (nSPS) is 10.7. The Morgan fingerprint density at radius 3 is 2.43 bits per heavy atom. The Morgan fingerprint density at radius 1 is 1.19 bits per heavy atom. The third-order valence-corrected chi connectivity index (χ3v) is 4.33. The van der Waals surface area contributed by atoms with Crippen LogP contribution in [0.15, 0.2) is 47.4 Å². The van der Waals surface area contributed by atoms with Gasteiger partial charge in [0, 0.05) is 5.02 Å². The molecular weight excluding hydrogens is 312 g/mol. The number of nitriles is 1. The highest BCUT2D eigenvalue weighted by Gasteiger charge is 2.16. The van der Waals surface area contributed by atoms with Crippen molar-refractivity contribution in [3.05, 3.63) is 53.1 Å². The maximum atomic E-state index is 12.3. The first-order chi connectivity index (χ1) is 9.96. The molecule has 21 heavy (non-hydrogen) atoms. The molecule has 2 rings (SSSR count). The monoisotopic (exact) mass is 322 g/mol. The van der Waals surface area contributed by atoms with Crippen molar-refractivity contribution in [2.24, 2.45) is 0 Å². The molecule has 0 aliphatic carbocycles. The minimum Gasteiger partial charge on any atom is -0.497 e. The molecule has 0 saturated carbocycles. The fourth-order valence-electron chi connectivity index (χ4n) is 1.66. The van der Waals surface area contributed by atoms with E-state index in [9.17, 15) is 8.42 Å². The topological polar surface area (TPSA) is 79.2 Å². The van der Waals surface area contributed by atoms with Gasteiger partial charge in [0.25, 0.3) is 10.0 Å². The van der Waals surface area contributed by atoms with Crippen LogP contribution in [-0.4, -0.2) is 15.5 Å². The number of benzene rings is 2. The van der Waals surface area contributed by atoms with Gasteiger partial charge in [-0.1, -0.05) is 11.6 Å². The minimum atomic E-state index is -3.80. The van der Waals surface area contributed by atoms with Crippen LogP contribution in [0.3, 0.4) is 0 Å². The molecule has 2 aromatic carbocycles. The van der Waals surface area contributed by atoms with Gasteiger partial charge in [-0.3, -0.25) is 4.72 Å². The van der Waals surface area contributed by atoms with Crippen LogP contribution in [0.1, 0.15) is 5.56 Å². The van der Waals surface area contributed by atoms with Crippen molar-refractivity contribution in [2.45, 2.75) is 4.90 Å². The maximum Gasteiger partial charge on any atom is 0.261 e. The highest BCUT2D eigenvalue weighted by Crippen LogP contribution is 2.24. The lowest BCUT2D eigenvalue weighted by molar-refractivity contribution is 0.414. The van der Waals surface area contributed by atoms with Crippen LogP contribution in [0.2, 0.25) is 5.02 Å². The summed E-state index contributed by atoms with van der Waals surface area (Å²) in [5, 5.41) is 9.34. The first-order valence-electron chi connectivity index (χ1n) is 5.83. The lowest BCUT2D eigenvalue weighted by atomic mass is 10.2. The number of methoxy groups -OCH3 is 1. The van der Waals surface area contributed by atoms with E-state index in [0.29, 0.717) is 10.8 Å². The number of hydrogen-bond donors (Lipinski definition) is 1. The number of hydrogen-bond acceptors (Lipinski definition) is 4. The van der Waals surface area contributed by atoms with E-state index in [-0.39, 0.29) is 16.1 Å². The Hall–Kier alpha value is -2.23. The predicted octanol–water partition coefficient (Wildman–Crippen LogP) is 3.02. The number of nitrogens with zero attached hydrogens (tertiary/aromatic N) is 1. The molecule has 0 spiro atoms. The van der Waals surface area contributed by atoms with Gasteiger partial charge < -0.3 is 4.74 Å². The fourth-order valence-corrected chi connectivity index (χ4v) is 2.90. The van der Waals surface area contributed by atoms with E-state index < -0.39 is 10.0 Å². The molecule has 0 atom stereocenters. The lowest BCUT2D eigenvalue weighted by Crippen LogP contribution is -2.13. The molecule has 5 nitrogen and oxygen atoms in total. The van der Waals surface area contributed by atoms with Crippen LogP contribution >= 0.6 is 11.6 Å². The molecule has 7 heteroatoms. The van der Waals surface area contributed by atoms with E-state index in [1.807, 2.05) is 6.07 Å². The Balaban J connectivity index is 2.37. The average molecular weight is 323 g/mol. The summed E-state index contributed by atoms with van der Waals surface area (Å²) < 4.78 is 31.9. The summed E-state index contributed by atoms with van der Waals surface area (Å²) in [5.74, 6) is 0.550. The van der Waals surface area contributed by atoms with Crippen LogP contribution in [0, 0.1) is 11.3 Å². The summed E-state index contributed by atoms with van der Waals surface area (Å²) >= 11 is 5.83. The number of ether oxygens (including phenoxy) is 1. The summed E-state index contributed by atoms with van der Waals surface area (Å²) in [5.41, 5.74) is 0.331. The molecule has 1 N–H and O–H groups in total. The van der Waals surface area contributed by atoms with Crippen LogP contribution in [0.4, 0.5) is 5.69 Å². The zero-order valence-corrected chi connectivity index (χ0v) is 12.6. The summed E-state index contributed by atoms with van der Waals surface area (Å²) in [6.07, 6.45) is 0. The van der Waals surface area contributed by atoms with Crippen LogP contribution < -0.4 is 9.46 Å². The second-order valence-electron chi connectivity index (χ2n) is 4.08. The van der Waals surface area contributed by atoms with Crippen molar-refractivity contribution < 1.29 is 13.2 Å². The van der Waals surface area contributed by atoms with E-state index in [2.05, 4.69) is 4.72 Å². The van der Waals surface area contributed by atoms with E-state index in [1.54, 1.807) is 0 Å². The van der Waals surface area contributed by atoms with E-state index in [4.69, 9.17) is 21.6 Å². The van der Waals surface area contributed by atoms with Crippen molar-refractivity contribution >= 4 is 27.3 Å². The number of rotatable bonds is 4. The standard InChI is InChI=1S/C14H11ClN2O3S/c1-20-12-4-6-13(7-5-12)21(18,19)17-14-8-11(15)3-2-10(14)9-16/h2-8,17H,1H3. The molecule has 2 aromatic rings. The zero-order chi connectivity index (χ0) is 15.5. The van der Waals surface area contributed by atoms with Crippen molar-refractivity contribution in [2.75, 3.05) is 11.8 Å². The molecule has 0 unspecified atom stereocenters. The quantitative estimate of drug-likeness (QED) is 0.938. The predicted molar refractivity (Wildman–Crippen MR) is 80.0 cm³/mol. The largest absolute Gasteiger partial charge is 0.497 e. The van der Waals surface area contributed by atoms with Gasteiger partial charge >= 0.3 is 0 Å².